The fourth-order valence-electron chi connectivity index (χ4n) is 2.76. The molecule has 0 fully saturated rings. The third kappa shape index (κ3) is 3.64. The zero-order valence-electron chi connectivity index (χ0n) is 14.2. The van der Waals surface area contributed by atoms with Crippen LogP contribution in [0, 0.1) is 0 Å². The molecule has 2 N–H and O–H groups in total. The number of aromatic amines is 1. The van der Waals surface area contributed by atoms with Crippen molar-refractivity contribution < 1.29 is 14.3 Å². The summed E-state index contributed by atoms with van der Waals surface area (Å²) in [5, 5.41) is 3.20. The van der Waals surface area contributed by atoms with Crippen LogP contribution in [0.4, 0.5) is 0 Å². The Bertz CT molecular complexity index is 995. The van der Waals surface area contributed by atoms with Gasteiger partial charge < -0.3 is 15.0 Å². The number of aromatic nitrogens is 1. The van der Waals surface area contributed by atoms with E-state index >= 15 is 0 Å². The number of amides is 1. The maximum absolute atomic E-state index is 12.7. The van der Waals surface area contributed by atoms with Crippen LogP contribution in [0.5, 0.6) is 0 Å². The smallest absolute Gasteiger partial charge is 0.307 e. The van der Waals surface area contributed by atoms with E-state index in [9.17, 15) is 14.4 Å². The van der Waals surface area contributed by atoms with Crippen LogP contribution in [-0.2, 0) is 9.53 Å². The second kappa shape index (κ2) is 7.65. The van der Waals surface area contributed by atoms with E-state index < -0.39 is 17.9 Å². The first-order valence-corrected chi connectivity index (χ1v) is 8.13. The monoisotopic (exact) mass is 350 g/mol. The average Bonchev–Trinajstić information content (AvgIpc) is 2.68. The molecule has 0 spiro atoms. The Morgan fingerprint density at radius 1 is 1.08 bits per heavy atom. The van der Waals surface area contributed by atoms with Gasteiger partial charge in [0.1, 0.15) is 5.56 Å². The van der Waals surface area contributed by atoms with Crippen molar-refractivity contribution in [1.82, 2.24) is 10.3 Å². The molecule has 0 aliphatic carbocycles. The molecule has 1 heterocycles. The average molecular weight is 350 g/mol. The van der Waals surface area contributed by atoms with E-state index in [1.807, 2.05) is 18.2 Å². The molecule has 132 valence electrons. The van der Waals surface area contributed by atoms with Gasteiger partial charge in [-0.1, -0.05) is 42.5 Å². The van der Waals surface area contributed by atoms with Crippen LogP contribution in [0.1, 0.15) is 28.4 Å². The first kappa shape index (κ1) is 17.4. The summed E-state index contributed by atoms with van der Waals surface area (Å²) in [7, 11) is 1.29. The molecule has 0 aliphatic rings. The highest BCUT2D eigenvalue weighted by molar-refractivity contribution is 5.97. The Hall–Kier alpha value is -3.41. The second-order valence-electron chi connectivity index (χ2n) is 5.79. The van der Waals surface area contributed by atoms with E-state index in [0.29, 0.717) is 10.9 Å². The zero-order valence-corrected chi connectivity index (χ0v) is 14.2. The van der Waals surface area contributed by atoms with Crippen LogP contribution in [-0.4, -0.2) is 24.0 Å². The number of pyridine rings is 1. The Morgan fingerprint density at radius 2 is 1.77 bits per heavy atom. The Morgan fingerprint density at radius 3 is 2.50 bits per heavy atom. The van der Waals surface area contributed by atoms with Crippen LogP contribution in [0.3, 0.4) is 0 Å². The Labute approximate surface area is 149 Å². The van der Waals surface area contributed by atoms with Crippen LogP contribution in [0.15, 0.2) is 65.6 Å². The van der Waals surface area contributed by atoms with Gasteiger partial charge in [-0.3, -0.25) is 14.4 Å². The number of carbonyl (C=O) groups excluding carboxylic acids is 2. The van der Waals surface area contributed by atoms with E-state index in [-0.39, 0.29) is 17.4 Å². The molecule has 1 amide bonds. The summed E-state index contributed by atoms with van der Waals surface area (Å²) >= 11 is 0. The quantitative estimate of drug-likeness (QED) is 0.692. The summed E-state index contributed by atoms with van der Waals surface area (Å²) in [6, 6.07) is 15.5. The summed E-state index contributed by atoms with van der Waals surface area (Å²) in [5.74, 6) is -0.999. The van der Waals surface area contributed by atoms with E-state index in [2.05, 4.69) is 10.3 Å². The number of para-hydroxylation sites is 1. The lowest BCUT2D eigenvalue weighted by Crippen LogP contribution is -2.33. The van der Waals surface area contributed by atoms with Crippen molar-refractivity contribution in [2.75, 3.05) is 7.11 Å². The number of benzene rings is 2. The second-order valence-corrected chi connectivity index (χ2v) is 5.79. The fourth-order valence-corrected chi connectivity index (χ4v) is 2.76. The van der Waals surface area contributed by atoms with Crippen LogP contribution in [0.25, 0.3) is 10.9 Å². The van der Waals surface area contributed by atoms with Crippen molar-refractivity contribution in [3.05, 3.63) is 82.1 Å². The summed E-state index contributed by atoms with van der Waals surface area (Å²) in [6.07, 6.45) is 1.36. The number of hydrogen-bond acceptors (Lipinski definition) is 4. The molecule has 0 bridgehead atoms. The largest absolute Gasteiger partial charge is 0.469 e. The third-order valence-corrected chi connectivity index (χ3v) is 4.14. The molecular weight excluding hydrogens is 332 g/mol. The van der Waals surface area contributed by atoms with Gasteiger partial charge in [-0.25, -0.2) is 0 Å². The number of nitrogens with one attached hydrogen (secondary N) is 2. The predicted molar refractivity (Wildman–Crippen MR) is 97.9 cm³/mol. The van der Waals surface area contributed by atoms with Gasteiger partial charge in [-0.2, -0.15) is 0 Å². The van der Waals surface area contributed by atoms with Crippen molar-refractivity contribution in [3.63, 3.8) is 0 Å². The number of rotatable bonds is 5. The van der Waals surface area contributed by atoms with E-state index in [1.165, 1.54) is 13.3 Å². The minimum Gasteiger partial charge on any atom is -0.469 e. The maximum Gasteiger partial charge on any atom is 0.307 e. The number of fused-ring (bicyclic) bond motifs is 1. The summed E-state index contributed by atoms with van der Waals surface area (Å²) < 4.78 is 4.71. The molecule has 0 aliphatic heterocycles. The van der Waals surface area contributed by atoms with Gasteiger partial charge in [0.25, 0.3) is 5.91 Å². The molecule has 26 heavy (non-hydrogen) atoms. The standard InChI is InChI=1S/C20H18N2O4/c1-26-18(23)11-17(13-7-3-2-4-8-13)22-20(25)15-12-21-16-10-6-5-9-14(16)19(15)24/h2-10,12,17H,11H2,1H3,(H,21,24)(H,22,25)/t17-/m1/s1. The Kier molecular flexibility index (Phi) is 5.12. The molecule has 3 aromatic rings. The van der Waals surface area contributed by atoms with E-state index in [4.69, 9.17) is 4.74 Å². The third-order valence-electron chi connectivity index (χ3n) is 4.14. The lowest BCUT2D eigenvalue weighted by molar-refractivity contribution is -0.141. The minimum absolute atomic E-state index is 0.00510. The molecule has 0 radical (unpaired) electrons. The molecule has 3 rings (SSSR count). The SMILES string of the molecule is COC(=O)C[C@@H](NC(=O)c1c[nH]c2ccccc2c1=O)c1ccccc1. The first-order chi connectivity index (χ1) is 12.6. The summed E-state index contributed by atoms with van der Waals surface area (Å²) in [6.45, 7) is 0. The highest BCUT2D eigenvalue weighted by Gasteiger charge is 2.21. The fraction of sp³-hybridized carbons (Fsp3) is 0.150. The van der Waals surface area contributed by atoms with Gasteiger partial charge in [0.05, 0.1) is 19.6 Å². The number of ether oxygens (including phenoxy) is 1. The first-order valence-electron chi connectivity index (χ1n) is 8.13. The molecule has 6 heteroatoms. The van der Waals surface area contributed by atoms with Crippen molar-refractivity contribution in [2.45, 2.75) is 12.5 Å². The minimum atomic E-state index is -0.595. The molecular formula is C20H18N2O4. The topological polar surface area (TPSA) is 88.3 Å². The lowest BCUT2D eigenvalue weighted by Gasteiger charge is -2.18. The van der Waals surface area contributed by atoms with Crippen LogP contribution >= 0.6 is 0 Å². The molecule has 0 unspecified atom stereocenters. The van der Waals surface area contributed by atoms with Crippen molar-refractivity contribution >= 4 is 22.8 Å². The molecule has 1 atom stereocenters. The maximum atomic E-state index is 12.7. The summed E-state index contributed by atoms with van der Waals surface area (Å²) in [4.78, 5) is 39.9. The van der Waals surface area contributed by atoms with Gasteiger partial charge in [-0.15, -0.1) is 0 Å². The van der Waals surface area contributed by atoms with Crippen molar-refractivity contribution in [2.24, 2.45) is 0 Å². The highest BCUT2D eigenvalue weighted by atomic mass is 16.5. The molecule has 0 saturated carbocycles. The van der Waals surface area contributed by atoms with Gasteiger partial charge in [0.2, 0.25) is 5.43 Å². The number of methoxy groups -OCH3 is 1. The normalized spacial score (nSPS) is 11.7. The number of H-pyrrole nitrogens is 1. The van der Waals surface area contributed by atoms with Crippen LogP contribution < -0.4 is 10.7 Å². The lowest BCUT2D eigenvalue weighted by atomic mass is 10.0. The van der Waals surface area contributed by atoms with Gasteiger partial charge in [0, 0.05) is 17.1 Å². The Balaban J connectivity index is 1.91. The molecule has 6 nitrogen and oxygen atoms in total. The highest BCUT2D eigenvalue weighted by Crippen LogP contribution is 2.18. The van der Waals surface area contributed by atoms with Crippen LogP contribution in [0.2, 0.25) is 0 Å². The van der Waals surface area contributed by atoms with Gasteiger partial charge in [-0.05, 0) is 17.7 Å². The zero-order chi connectivity index (χ0) is 18.5. The van der Waals surface area contributed by atoms with Crippen molar-refractivity contribution in [3.8, 4) is 0 Å². The van der Waals surface area contributed by atoms with Gasteiger partial charge >= 0.3 is 5.97 Å². The molecule has 0 saturated heterocycles. The molecule has 1 aromatic heterocycles. The number of esters is 1. The van der Waals surface area contributed by atoms with E-state index in [0.717, 1.165) is 5.56 Å². The van der Waals surface area contributed by atoms with Crippen molar-refractivity contribution in [1.29, 1.82) is 0 Å². The van der Waals surface area contributed by atoms with E-state index in [1.54, 1.807) is 36.4 Å². The number of carbonyl (C=O) groups is 2. The summed E-state index contributed by atoms with van der Waals surface area (Å²) in [5.41, 5.74) is 1.04. The molecule has 2 aromatic carbocycles. The number of hydrogen-bond donors (Lipinski definition) is 2. The predicted octanol–water partition coefficient (Wildman–Crippen LogP) is 2.56. The van der Waals surface area contributed by atoms with Gasteiger partial charge in [0.15, 0.2) is 0 Å².